The second kappa shape index (κ2) is 7.93. The SMILES string of the molecule is O=Cc1ccc(C(=O)NCC(c2ccco2)N2CCCCC2)cc1. The fourth-order valence-electron chi connectivity index (χ4n) is 3.13. The van der Waals surface area contributed by atoms with Gasteiger partial charge in [-0.3, -0.25) is 14.5 Å². The highest BCUT2D eigenvalue weighted by Crippen LogP contribution is 2.24. The van der Waals surface area contributed by atoms with Gasteiger partial charge >= 0.3 is 0 Å². The lowest BCUT2D eigenvalue weighted by Gasteiger charge is -2.33. The zero-order valence-electron chi connectivity index (χ0n) is 13.6. The number of hydrogen-bond acceptors (Lipinski definition) is 4. The first kappa shape index (κ1) is 16.5. The van der Waals surface area contributed by atoms with Crippen molar-refractivity contribution in [1.82, 2.24) is 10.2 Å². The van der Waals surface area contributed by atoms with E-state index >= 15 is 0 Å². The van der Waals surface area contributed by atoms with Crippen molar-refractivity contribution < 1.29 is 14.0 Å². The van der Waals surface area contributed by atoms with Gasteiger partial charge in [-0.15, -0.1) is 0 Å². The molecule has 1 N–H and O–H groups in total. The molecular weight excluding hydrogens is 304 g/mol. The zero-order valence-corrected chi connectivity index (χ0v) is 13.6. The Morgan fingerprint density at radius 3 is 2.54 bits per heavy atom. The van der Waals surface area contributed by atoms with Crippen LogP contribution in [0.5, 0.6) is 0 Å². The van der Waals surface area contributed by atoms with E-state index in [9.17, 15) is 9.59 Å². The standard InChI is InChI=1S/C19H22N2O3/c22-14-15-6-8-16(9-7-15)19(23)20-13-17(18-5-4-12-24-18)21-10-2-1-3-11-21/h4-9,12,14,17H,1-3,10-11,13H2,(H,20,23). The van der Waals surface area contributed by atoms with Crippen LogP contribution in [0.4, 0.5) is 0 Å². The van der Waals surface area contributed by atoms with E-state index < -0.39 is 0 Å². The minimum Gasteiger partial charge on any atom is -0.468 e. The minimum absolute atomic E-state index is 0.0542. The van der Waals surface area contributed by atoms with Crippen LogP contribution in [0.2, 0.25) is 0 Å². The average molecular weight is 326 g/mol. The molecule has 2 heterocycles. The molecule has 1 aliphatic rings. The summed E-state index contributed by atoms with van der Waals surface area (Å²) in [6.07, 6.45) is 6.06. The van der Waals surface area contributed by atoms with Crippen LogP contribution in [0.3, 0.4) is 0 Å². The Morgan fingerprint density at radius 2 is 1.92 bits per heavy atom. The summed E-state index contributed by atoms with van der Waals surface area (Å²) in [5, 5.41) is 2.99. The van der Waals surface area contributed by atoms with Crippen molar-refractivity contribution in [2.45, 2.75) is 25.3 Å². The lowest BCUT2D eigenvalue weighted by atomic mass is 10.1. The monoisotopic (exact) mass is 326 g/mol. The zero-order chi connectivity index (χ0) is 16.8. The largest absolute Gasteiger partial charge is 0.468 e. The maximum absolute atomic E-state index is 12.4. The Morgan fingerprint density at radius 1 is 1.17 bits per heavy atom. The van der Waals surface area contributed by atoms with Crippen molar-refractivity contribution in [3.8, 4) is 0 Å². The summed E-state index contributed by atoms with van der Waals surface area (Å²) >= 11 is 0. The molecule has 1 fully saturated rings. The lowest BCUT2D eigenvalue weighted by Crippen LogP contribution is -2.40. The maximum Gasteiger partial charge on any atom is 0.251 e. The Hall–Kier alpha value is -2.40. The fraction of sp³-hybridized carbons (Fsp3) is 0.368. The van der Waals surface area contributed by atoms with Crippen LogP contribution in [0.15, 0.2) is 47.1 Å². The van der Waals surface area contributed by atoms with Gasteiger partial charge in [-0.25, -0.2) is 0 Å². The predicted octanol–water partition coefficient (Wildman–Crippen LogP) is 3.05. The first-order chi connectivity index (χ1) is 11.8. The summed E-state index contributed by atoms with van der Waals surface area (Å²) in [6, 6.07) is 10.5. The van der Waals surface area contributed by atoms with Crippen molar-refractivity contribution >= 4 is 12.2 Å². The molecular formula is C19H22N2O3. The smallest absolute Gasteiger partial charge is 0.251 e. The van der Waals surface area contributed by atoms with Gasteiger partial charge < -0.3 is 9.73 Å². The number of carbonyl (C=O) groups is 2. The van der Waals surface area contributed by atoms with Crippen LogP contribution in [0.25, 0.3) is 0 Å². The molecule has 1 aromatic heterocycles. The summed E-state index contributed by atoms with van der Waals surface area (Å²) in [7, 11) is 0. The van der Waals surface area contributed by atoms with Crippen molar-refractivity contribution in [2.24, 2.45) is 0 Å². The van der Waals surface area contributed by atoms with Gasteiger partial charge in [0.2, 0.25) is 0 Å². The van der Waals surface area contributed by atoms with E-state index in [4.69, 9.17) is 4.42 Å². The molecule has 0 aliphatic carbocycles. The number of nitrogens with zero attached hydrogens (tertiary/aromatic N) is 1. The molecule has 126 valence electrons. The van der Waals surface area contributed by atoms with Gasteiger partial charge in [0, 0.05) is 17.7 Å². The fourth-order valence-corrected chi connectivity index (χ4v) is 3.13. The van der Waals surface area contributed by atoms with Crippen LogP contribution in [0, 0.1) is 0 Å². The molecule has 5 nitrogen and oxygen atoms in total. The summed E-state index contributed by atoms with van der Waals surface area (Å²) in [5.74, 6) is 0.745. The average Bonchev–Trinajstić information content (AvgIpc) is 3.17. The number of furan rings is 1. The number of rotatable bonds is 6. The number of nitrogens with one attached hydrogen (secondary N) is 1. The summed E-state index contributed by atoms with van der Waals surface area (Å²) in [5.41, 5.74) is 1.12. The highest BCUT2D eigenvalue weighted by molar-refractivity contribution is 5.94. The third kappa shape index (κ3) is 3.92. The molecule has 0 bridgehead atoms. The molecule has 1 unspecified atom stereocenters. The molecule has 0 saturated carbocycles. The molecule has 0 spiro atoms. The second-order valence-electron chi connectivity index (χ2n) is 6.08. The topological polar surface area (TPSA) is 62.6 Å². The molecule has 1 atom stereocenters. The van der Waals surface area contributed by atoms with E-state index in [2.05, 4.69) is 10.2 Å². The normalized spacial score (nSPS) is 16.5. The molecule has 1 saturated heterocycles. The van der Waals surface area contributed by atoms with E-state index in [1.54, 1.807) is 30.5 Å². The van der Waals surface area contributed by atoms with Crippen molar-refractivity contribution in [2.75, 3.05) is 19.6 Å². The van der Waals surface area contributed by atoms with Crippen LogP contribution < -0.4 is 5.32 Å². The first-order valence-corrected chi connectivity index (χ1v) is 8.39. The molecule has 24 heavy (non-hydrogen) atoms. The number of likely N-dealkylation sites (tertiary alicyclic amines) is 1. The summed E-state index contributed by atoms with van der Waals surface area (Å²) in [6.45, 7) is 2.55. The molecule has 3 rings (SSSR count). The third-order valence-corrected chi connectivity index (χ3v) is 4.47. The van der Waals surface area contributed by atoms with Crippen LogP contribution in [-0.4, -0.2) is 36.7 Å². The van der Waals surface area contributed by atoms with E-state index in [1.165, 1.54) is 19.3 Å². The third-order valence-electron chi connectivity index (χ3n) is 4.47. The van der Waals surface area contributed by atoms with E-state index in [0.29, 0.717) is 17.7 Å². The van der Waals surface area contributed by atoms with E-state index in [0.717, 1.165) is 25.1 Å². The molecule has 2 aromatic rings. The van der Waals surface area contributed by atoms with Gasteiger partial charge in [0.05, 0.1) is 12.3 Å². The van der Waals surface area contributed by atoms with E-state index in [1.807, 2.05) is 12.1 Å². The van der Waals surface area contributed by atoms with Crippen LogP contribution >= 0.6 is 0 Å². The Kier molecular flexibility index (Phi) is 5.43. The van der Waals surface area contributed by atoms with Crippen molar-refractivity contribution in [3.05, 3.63) is 59.5 Å². The number of hydrogen-bond donors (Lipinski definition) is 1. The number of piperidine rings is 1. The summed E-state index contributed by atoms with van der Waals surface area (Å²) < 4.78 is 5.59. The number of benzene rings is 1. The highest BCUT2D eigenvalue weighted by atomic mass is 16.3. The van der Waals surface area contributed by atoms with Crippen molar-refractivity contribution in [3.63, 3.8) is 0 Å². The van der Waals surface area contributed by atoms with Gasteiger partial charge in [0.15, 0.2) is 0 Å². The predicted molar refractivity (Wildman–Crippen MR) is 91.0 cm³/mol. The van der Waals surface area contributed by atoms with Gasteiger partial charge in [-0.2, -0.15) is 0 Å². The Labute approximate surface area is 141 Å². The Balaban J connectivity index is 1.66. The van der Waals surface area contributed by atoms with Gasteiger partial charge in [-0.05, 0) is 50.2 Å². The van der Waals surface area contributed by atoms with Gasteiger partial charge in [0.1, 0.15) is 12.0 Å². The lowest BCUT2D eigenvalue weighted by molar-refractivity contribution is 0.0913. The molecule has 1 amide bonds. The number of carbonyl (C=O) groups excluding carboxylic acids is 2. The van der Waals surface area contributed by atoms with Gasteiger partial charge in [-0.1, -0.05) is 18.6 Å². The minimum atomic E-state index is -0.138. The molecule has 5 heteroatoms. The van der Waals surface area contributed by atoms with Gasteiger partial charge in [0.25, 0.3) is 5.91 Å². The molecule has 0 radical (unpaired) electrons. The van der Waals surface area contributed by atoms with Crippen LogP contribution in [-0.2, 0) is 0 Å². The number of aldehydes is 1. The molecule has 1 aromatic carbocycles. The van der Waals surface area contributed by atoms with Crippen molar-refractivity contribution in [1.29, 1.82) is 0 Å². The summed E-state index contributed by atoms with van der Waals surface area (Å²) in [4.78, 5) is 25.4. The number of amides is 1. The Bertz CT molecular complexity index is 658. The quantitative estimate of drug-likeness (QED) is 0.829. The second-order valence-corrected chi connectivity index (χ2v) is 6.08. The highest BCUT2D eigenvalue weighted by Gasteiger charge is 2.25. The molecule has 1 aliphatic heterocycles. The van der Waals surface area contributed by atoms with E-state index in [-0.39, 0.29) is 11.9 Å². The maximum atomic E-state index is 12.4. The first-order valence-electron chi connectivity index (χ1n) is 8.39. The van der Waals surface area contributed by atoms with Crippen LogP contribution in [0.1, 0.15) is 51.8 Å².